The van der Waals surface area contributed by atoms with Gasteiger partial charge in [-0.1, -0.05) is 72.8 Å². The molecule has 0 spiro atoms. The van der Waals surface area contributed by atoms with Gasteiger partial charge >= 0.3 is 0 Å². The van der Waals surface area contributed by atoms with E-state index in [1.54, 1.807) is 11.1 Å². The van der Waals surface area contributed by atoms with E-state index < -0.39 is 0 Å². The first-order valence-corrected chi connectivity index (χ1v) is 8.88. The lowest BCUT2D eigenvalue weighted by molar-refractivity contribution is 0.174. The number of benzene rings is 3. The Bertz CT molecular complexity index is 882. The first kappa shape index (κ1) is 14.0. The molecule has 0 N–H and O–H groups in total. The molecule has 1 heteroatoms. The minimum Gasteiger partial charge on any atom is -0.291 e. The third-order valence-electron chi connectivity index (χ3n) is 5.59. The number of fused-ring (bicyclic) bond motifs is 2. The highest BCUT2D eigenvalue weighted by Gasteiger charge is 2.33. The van der Waals surface area contributed by atoms with Crippen molar-refractivity contribution >= 4 is 0 Å². The van der Waals surface area contributed by atoms with Crippen molar-refractivity contribution in [2.24, 2.45) is 0 Å². The Morgan fingerprint density at radius 2 is 1.50 bits per heavy atom. The molecule has 5 rings (SSSR count). The lowest BCUT2D eigenvalue weighted by atomic mass is 9.77. The minimum absolute atomic E-state index is 0.514. The summed E-state index contributed by atoms with van der Waals surface area (Å²) in [5, 5.41) is 0. The summed E-state index contributed by atoms with van der Waals surface area (Å²) < 4.78 is 0. The molecule has 0 saturated heterocycles. The number of nitrogens with zero attached hydrogens (tertiary/aromatic N) is 1. The highest BCUT2D eigenvalue weighted by Crippen LogP contribution is 2.45. The number of hydrogen-bond donors (Lipinski definition) is 0. The highest BCUT2D eigenvalue weighted by molar-refractivity contribution is 5.75. The van der Waals surface area contributed by atoms with Gasteiger partial charge in [-0.3, -0.25) is 4.90 Å². The molecule has 118 valence electrons. The van der Waals surface area contributed by atoms with Crippen molar-refractivity contribution in [3.8, 4) is 11.1 Å². The Morgan fingerprint density at radius 1 is 0.750 bits per heavy atom. The summed E-state index contributed by atoms with van der Waals surface area (Å²) >= 11 is 0. The highest BCUT2D eigenvalue weighted by atomic mass is 15.2. The maximum atomic E-state index is 2.68. The van der Waals surface area contributed by atoms with Crippen LogP contribution < -0.4 is 0 Å². The van der Waals surface area contributed by atoms with Crippen molar-refractivity contribution < 1.29 is 0 Å². The summed E-state index contributed by atoms with van der Waals surface area (Å²) in [6.45, 7) is 2.19. The van der Waals surface area contributed by atoms with Crippen LogP contribution in [-0.2, 0) is 19.4 Å². The average Bonchev–Trinajstić information content (AvgIpc) is 2.65. The molecule has 0 saturated carbocycles. The maximum absolute atomic E-state index is 2.68. The minimum atomic E-state index is 0.514. The van der Waals surface area contributed by atoms with Gasteiger partial charge in [0.25, 0.3) is 0 Å². The monoisotopic (exact) mass is 311 g/mol. The van der Waals surface area contributed by atoms with Gasteiger partial charge in [-0.05, 0) is 46.2 Å². The van der Waals surface area contributed by atoms with E-state index in [9.17, 15) is 0 Å². The fourth-order valence-electron chi connectivity index (χ4n) is 4.47. The Morgan fingerprint density at radius 3 is 2.42 bits per heavy atom. The largest absolute Gasteiger partial charge is 0.291 e. The van der Waals surface area contributed by atoms with Gasteiger partial charge in [0.15, 0.2) is 0 Å². The van der Waals surface area contributed by atoms with Crippen molar-refractivity contribution in [3.05, 3.63) is 95.1 Å². The molecule has 0 radical (unpaired) electrons. The van der Waals surface area contributed by atoms with Crippen LogP contribution in [0.4, 0.5) is 0 Å². The Balaban J connectivity index is 1.60. The molecular weight excluding hydrogens is 290 g/mol. The van der Waals surface area contributed by atoms with E-state index in [1.165, 1.54) is 22.3 Å². The molecule has 1 aliphatic heterocycles. The second-order valence-corrected chi connectivity index (χ2v) is 6.96. The molecule has 1 nitrogen and oxygen atoms in total. The van der Waals surface area contributed by atoms with Gasteiger partial charge in [0.1, 0.15) is 0 Å². The Labute approximate surface area is 143 Å². The summed E-state index contributed by atoms with van der Waals surface area (Å²) in [6.07, 6.45) is 2.29. The molecule has 1 unspecified atom stereocenters. The molecule has 1 atom stereocenters. The van der Waals surface area contributed by atoms with Crippen LogP contribution >= 0.6 is 0 Å². The van der Waals surface area contributed by atoms with Crippen LogP contribution in [0.3, 0.4) is 0 Å². The van der Waals surface area contributed by atoms with Crippen LogP contribution in [0.15, 0.2) is 72.8 Å². The quantitative estimate of drug-likeness (QED) is 0.643. The second-order valence-electron chi connectivity index (χ2n) is 6.96. The molecule has 24 heavy (non-hydrogen) atoms. The summed E-state index contributed by atoms with van der Waals surface area (Å²) in [5.41, 5.74) is 8.93. The van der Waals surface area contributed by atoms with Crippen LogP contribution in [0, 0.1) is 0 Å². The van der Waals surface area contributed by atoms with Crippen molar-refractivity contribution in [2.75, 3.05) is 6.54 Å². The van der Waals surface area contributed by atoms with Gasteiger partial charge in [-0.25, -0.2) is 0 Å². The molecule has 1 aliphatic carbocycles. The van der Waals surface area contributed by atoms with E-state index in [4.69, 9.17) is 0 Å². The summed E-state index contributed by atoms with van der Waals surface area (Å²) in [5.74, 6) is 0. The number of hydrogen-bond acceptors (Lipinski definition) is 1. The van der Waals surface area contributed by atoms with Gasteiger partial charge in [0.05, 0.1) is 0 Å². The topological polar surface area (TPSA) is 3.24 Å². The molecule has 0 aromatic heterocycles. The fourth-order valence-corrected chi connectivity index (χ4v) is 4.47. The number of rotatable bonds is 2. The first-order chi connectivity index (χ1) is 11.9. The van der Waals surface area contributed by atoms with Gasteiger partial charge < -0.3 is 0 Å². The van der Waals surface area contributed by atoms with Gasteiger partial charge in [-0.2, -0.15) is 0 Å². The van der Waals surface area contributed by atoms with E-state index in [1.807, 2.05) is 0 Å². The second kappa shape index (κ2) is 5.61. The standard InChI is InChI=1S/C23H21N/c1-2-7-17(8-3-1)16-24-14-13-18-10-6-12-21-20-11-5-4-9-19(20)15-22(24)23(18)21/h1-12,22H,13-16H2. The van der Waals surface area contributed by atoms with Crippen LogP contribution in [0.25, 0.3) is 11.1 Å². The SMILES string of the molecule is c1ccc(CN2CCc3cccc4c3C2Cc2ccccc2-4)cc1. The van der Waals surface area contributed by atoms with Crippen LogP contribution in [0.1, 0.15) is 28.3 Å². The first-order valence-electron chi connectivity index (χ1n) is 8.88. The Kier molecular flexibility index (Phi) is 3.27. The van der Waals surface area contributed by atoms with Crippen LogP contribution in [-0.4, -0.2) is 11.4 Å². The van der Waals surface area contributed by atoms with E-state index >= 15 is 0 Å². The van der Waals surface area contributed by atoms with E-state index in [2.05, 4.69) is 77.7 Å². The molecule has 3 aromatic rings. The van der Waals surface area contributed by atoms with Gasteiger partial charge in [0, 0.05) is 19.1 Å². The van der Waals surface area contributed by atoms with E-state index in [0.29, 0.717) is 6.04 Å². The van der Waals surface area contributed by atoms with E-state index in [-0.39, 0.29) is 0 Å². The predicted octanol–water partition coefficient (Wildman–Crippen LogP) is 5.01. The average molecular weight is 311 g/mol. The molecular formula is C23H21N. The molecule has 2 aliphatic rings. The Hall–Kier alpha value is -2.38. The van der Waals surface area contributed by atoms with Crippen LogP contribution in [0.2, 0.25) is 0 Å². The van der Waals surface area contributed by atoms with Gasteiger partial charge in [-0.15, -0.1) is 0 Å². The molecule has 0 bridgehead atoms. The summed E-state index contributed by atoms with van der Waals surface area (Å²) in [7, 11) is 0. The van der Waals surface area contributed by atoms with Crippen molar-refractivity contribution in [3.63, 3.8) is 0 Å². The van der Waals surface area contributed by atoms with Crippen molar-refractivity contribution in [1.29, 1.82) is 0 Å². The lowest BCUT2D eigenvalue weighted by Crippen LogP contribution is -2.37. The third kappa shape index (κ3) is 2.20. The molecule has 0 amide bonds. The smallest absolute Gasteiger partial charge is 0.0401 e. The normalized spacial score (nSPS) is 18.8. The van der Waals surface area contributed by atoms with Crippen LogP contribution in [0.5, 0.6) is 0 Å². The lowest BCUT2D eigenvalue weighted by Gasteiger charge is -2.41. The summed E-state index contributed by atoms with van der Waals surface area (Å²) in [6, 6.07) is 27.2. The predicted molar refractivity (Wildman–Crippen MR) is 98.9 cm³/mol. The van der Waals surface area contributed by atoms with E-state index in [0.717, 1.165) is 25.9 Å². The molecule has 1 heterocycles. The zero-order chi connectivity index (χ0) is 15.9. The summed E-state index contributed by atoms with van der Waals surface area (Å²) in [4.78, 5) is 2.68. The third-order valence-corrected chi connectivity index (χ3v) is 5.59. The zero-order valence-electron chi connectivity index (χ0n) is 13.8. The van der Waals surface area contributed by atoms with Crippen molar-refractivity contribution in [1.82, 2.24) is 4.90 Å². The fraction of sp³-hybridized carbons (Fsp3) is 0.217. The zero-order valence-corrected chi connectivity index (χ0v) is 13.8. The molecule has 0 fully saturated rings. The maximum Gasteiger partial charge on any atom is 0.0401 e. The molecule has 3 aromatic carbocycles. The van der Waals surface area contributed by atoms with Crippen molar-refractivity contribution in [2.45, 2.75) is 25.4 Å². The van der Waals surface area contributed by atoms with Gasteiger partial charge in [0.2, 0.25) is 0 Å².